The van der Waals surface area contributed by atoms with Crippen LogP contribution in [0.2, 0.25) is 0 Å². The third-order valence-corrected chi connectivity index (χ3v) is 4.93. The molecule has 0 unspecified atom stereocenters. The van der Waals surface area contributed by atoms with Crippen molar-refractivity contribution in [1.82, 2.24) is 10.2 Å². The standard InChI is InChI=1S/C21H32N2O2/c1-4-15-23(21(25)17-11-7-5-8-12-17)19(16(2)3)20(24)22-18-13-9-6-10-14-18/h5,7-8,11-12,16,18-19H,4,6,9-10,13-15H2,1-3H3,(H,22,24)/t19-/m0/s1. The summed E-state index contributed by atoms with van der Waals surface area (Å²) in [6, 6.07) is 9.11. The van der Waals surface area contributed by atoms with E-state index >= 15 is 0 Å². The van der Waals surface area contributed by atoms with Gasteiger partial charge in [0.15, 0.2) is 0 Å². The third-order valence-electron chi connectivity index (χ3n) is 4.93. The summed E-state index contributed by atoms with van der Waals surface area (Å²) in [5.41, 5.74) is 0.645. The predicted molar refractivity (Wildman–Crippen MR) is 101 cm³/mol. The quantitative estimate of drug-likeness (QED) is 0.812. The molecule has 0 aliphatic heterocycles. The maximum absolute atomic E-state index is 13.0. The number of amides is 2. The van der Waals surface area contributed by atoms with Crippen molar-refractivity contribution in [3.8, 4) is 0 Å². The number of nitrogens with one attached hydrogen (secondary N) is 1. The van der Waals surface area contributed by atoms with Crippen molar-refractivity contribution in [2.75, 3.05) is 6.54 Å². The lowest BCUT2D eigenvalue weighted by molar-refractivity contribution is -0.128. The van der Waals surface area contributed by atoms with Gasteiger partial charge in [0.05, 0.1) is 0 Å². The van der Waals surface area contributed by atoms with Crippen LogP contribution in [0, 0.1) is 5.92 Å². The minimum atomic E-state index is -0.422. The van der Waals surface area contributed by atoms with Gasteiger partial charge in [0.2, 0.25) is 5.91 Å². The van der Waals surface area contributed by atoms with E-state index in [2.05, 4.69) is 5.32 Å². The molecule has 1 atom stereocenters. The normalized spacial score (nSPS) is 16.5. The number of nitrogens with zero attached hydrogens (tertiary/aromatic N) is 1. The van der Waals surface area contributed by atoms with Crippen LogP contribution in [0.4, 0.5) is 0 Å². The molecule has 1 aromatic carbocycles. The van der Waals surface area contributed by atoms with Crippen LogP contribution in [-0.4, -0.2) is 35.3 Å². The predicted octanol–water partition coefficient (Wildman–Crippen LogP) is 4.01. The topological polar surface area (TPSA) is 49.4 Å². The van der Waals surface area contributed by atoms with E-state index in [1.807, 2.05) is 51.1 Å². The minimum Gasteiger partial charge on any atom is -0.352 e. The molecule has 1 aliphatic rings. The molecule has 4 nitrogen and oxygen atoms in total. The zero-order valence-electron chi connectivity index (χ0n) is 15.8. The average Bonchev–Trinajstić information content (AvgIpc) is 2.62. The Morgan fingerprint density at radius 3 is 2.32 bits per heavy atom. The molecule has 1 aromatic rings. The zero-order valence-corrected chi connectivity index (χ0v) is 15.8. The molecule has 4 heteroatoms. The van der Waals surface area contributed by atoms with Crippen LogP contribution in [0.3, 0.4) is 0 Å². The first kappa shape index (κ1) is 19.5. The second-order valence-electron chi connectivity index (χ2n) is 7.40. The molecule has 0 bridgehead atoms. The van der Waals surface area contributed by atoms with Gasteiger partial charge in [-0.3, -0.25) is 9.59 Å². The molecule has 1 aliphatic carbocycles. The number of carbonyl (C=O) groups excluding carboxylic acids is 2. The van der Waals surface area contributed by atoms with Crippen molar-refractivity contribution in [1.29, 1.82) is 0 Å². The lowest BCUT2D eigenvalue weighted by Gasteiger charge is -2.35. The van der Waals surface area contributed by atoms with E-state index in [-0.39, 0.29) is 23.8 Å². The highest BCUT2D eigenvalue weighted by molar-refractivity contribution is 5.97. The Hall–Kier alpha value is -1.84. The number of hydrogen-bond acceptors (Lipinski definition) is 2. The Bertz CT molecular complexity index is 550. The Kier molecular flexibility index (Phi) is 7.48. The molecule has 0 radical (unpaired) electrons. The molecule has 1 saturated carbocycles. The largest absolute Gasteiger partial charge is 0.352 e. The first-order valence-electron chi connectivity index (χ1n) is 9.71. The van der Waals surface area contributed by atoms with E-state index in [1.54, 1.807) is 4.90 Å². The summed E-state index contributed by atoms with van der Waals surface area (Å²) < 4.78 is 0. The molecule has 1 N–H and O–H groups in total. The fourth-order valence-electron chi connectivity index (χ4n) is 3.69. The van der Waals surface area contributed by atoms with Crippen molar-refractivity contribution < 1.29 is 9.59 Å². The highest BCUT2D eigenvalue weighted by atomic mass is 16.2. The number of carbonyl (C=O) groups is 2. The van der Waals surface area contributed by atoms with Crippen molar-refractivity contribution in [2.24, 2.45) is 5.92 Å². The summed E-state index contributed by atoms with van der Waals surface area (Å²) in [7, 11) is 0. The van der Waals surface area contributed by atoms with Gasteiger partial charge in [-0.2, -0.15) is 0 Å². The highest BCUT2D eigenvalue weighted by Gasteiger charge is 2.33. The van der Waals surface area contributed by atoms with Gasteiger partial charge in [0.25, 0.3) is 5.91 Å². The van der Waals surface area contributed by atoms with Crippen molar-refractivity contribution in [3.05, 3.63) is 35.9 Å². The van der Waals surface area contributed by atoms with Gasteiger partial charge >= 0.3 is 0 Å². The molecule has 0 saturated heterocycles. The Labute approximate surface area is 152 Å². The van der Waals surface area contributed by atoms with Gasteiger partial charge < -0.3 is 10.2 Å². The van der Waals surface area contributed by atoms with E-state index in [0.29, 0.717) is 12.1 Å². The van der Waals surface area contributed by atoms with Gasteiger partial charge in [0, 0.05) is 18.2 Å². The lowest BCUT2D eigenvalue weighted by atomic mass is 9.94. The molecule has 0 aromatic heterocycles. The first-order chi connectivity index (χ1) is 12.0. The molecular weight excluding hydrogens is 312 g/mol. The Balaban J connectivity index is 2.17. The summed E-state index contributed by atoms with van der Waals surface area (Å²) in [6.45, 7) is 6.68. The van der Waals surface area contributed by atoms with E-state index in [9.17, 15) is 9.59 Å². The lowest BCUT2D eigenvalue weighted by Crippen LogP contribution is -2.54. The smallest absolute Gasteiger partial charge is 0.254 e. The second kappa shape index (κ2) is 9.59. The Morgan fingerprint density at radius 2 is 1.76 bits per heavy atom. The first-order valence-corrected chi connectivity index (χ1v) is 9.71. The van der Waals surface area contributed by atoms with Crippen LogP contribution in [0.25, 0.3) is 0 Å². The minimum absolute atomic E-state index is 0.000342. The van der Waals surface area contributed by atoms with Crippen molar-refractivity contribution >= 4 is 11.8 Å². The van der Waals surface area contributed by atoms with E-state index in [0.717, 1.165) is 19.3 Å². The fraction of sp³-hybridized carbons (Fsp3) is 0.619. The molecule has 0 heterocycles. The SMILES string of the molecule is CCCN(C(=O)c1ccccc1)[C@H](C(=O)NC1CCCCC1)C(C)C. The summed E-state index contributed by atoms with van der Waals surface area (Å²) in [6.07, 6.45) is 6.55. The van der Waals surface area contributed by atoms with E-state index in [4.69, 9.17) is 0 Å². The van der Waals surface area contributed by atoms with Gasteiger partial charge in [-0.25, -0.2) is 0 Å². The van der Waals surface area contributed by atoms with Gasteiger partial charge in [-0.05, 0) is 37.3 Å². The molecule has 25 heavy (non-hydrogen) atoms. The maximum atomic E-state index is 13.0. The zero-order chi connectivity index (χ0) is 18.2. The van der Waals surface area contributed by atoms with Crippen LogP contribution in [-0.2, 0) is 4.79 Å². The molecule has 2 amide bonds. The van der Waals surface area contributed by atoms with Crippen molar-refractivity contribution in [3.63, 3.8) is 0 Å². The monoisotopic (exact) mass is 344 g/mol. The van der Waals surface area contributed by atoms with Crippen molar-refractivity contribution in [2.45, 2.75) is 71.4 Å². The van der Waals surface area contributed by atoms with Crippen LogP contribution in [0.5, 0.6) is 0 Å². The van der Waals surface area contributed by atoms with Crippen LogP contribution >= 0.6 is 0 Å². The summed E-state index contributed by atoms with van der Waals surface area (Å²) >= 11 is 0. The van der Waals surface area contributed by atoms with Crippen LogP contribution in [0.1, 0.15) is 69.7 Å². The molecule has 138 valence electrons. The average molecular weight is 344 g/mol. The highest BCUT2D eigenvalue weighted by Crippen LogP contribution is 2.20. The Morgan fingerprint density at radius 1 is 1.12 bits per heavy atom. The molecule has 1 fully saturated rings. The van der Waals surface area contributed by atoms with E-state index in [1.165, 1.54) is 19.3 Å². The summed E-state index contributed by atoms with van der Waals surface area (Å²) in [5, 5.41) is 3.21. The number of hydrogen-bond donors (Lipinski definition) is 1. The number of rotatable bonds is 7. The van der Waals surface area contributed by atoms with Crippen LogP contribution in [0.15, 0.2) is 30.3 Å². The molecule has 0 spiro atoms. The second-order valence-corrected chi connectivity index (χ2v) is 7.40. The molecule has 2 rings (SSSR count). The van der Waals surface area contributed by atoms with E-state index < -0.39 is 6.04 Å². The molecular formula is C21H32N2O2. The summed E-state index contributed by atoms with van der Waals surface area (Å²) in [5.74, 6) is 0.0161. The number of benzene rings is 1. The summed E-state index contributed by atoms with van der Waals surface area (Å²) in [4.78, 5) is 27.8. The van der Waals surface area contributed by atoms with Crippen LogP contribution < -0.4 is 5.32 Å². The van der Waals surface area contributed by atoms with Gasteiger partial charge in [-0.15, -0.1) is 0 Å². The van der Waals surface area contributed by atoms with Gasteiger partial charge in [0.1, 0.15) is 6.04 Å². The fourth-order valence-corrected chi connectivity index (χ4v) is 3.69. The third kappa shape index (κ3) is 5.32. The maximum Gasteiger partial charge on any atom is 0.254 e. The van der Waals surface area contributed by atoms with Gasteiger partial charge in [-0.1, -0.05) is 58.2 Å².